The van der Waals surface area contributed by atoms with E-state index in [2.05, 4.69) is 16.0 Å². The molecule has 136 valence electrons. The second-order valence-corrected chi connectivity index (χ2v) is 6.14. The van der Waals surface area contributed by atoms with E-state index in [-0.39, 0.29) is 24.9 Å². The zero-order chi connectivity index (χ0) is 19.1. The molecule has 0 saturated heterocycles. The summed E-state index contributed by atoms with van der Waals surface area (Å²) in [5.74, 6) is -1.08. The molecule has 6 nitrogen and oxygen atoms in total. The molecule has 2 aromatic carbocycles. The van der Waals surface area contributed by atoms with Crippen LogP contribution in [0.2, 0.25) is 0 Å². The Morgan fingerprint density at radius 1 is 0.808 bits per heavy atom. The van der Waals surface area contributed by atoms with Crippen molar-refractivity contribution < 1.29 is 14.4 Å². The third kappa shape index (κ3) is 5.44. The second-order valence-electron chi connectivity index (χ2n) is 6.14. The van der Waals surface area contributed by atoms with Crippen molar-refractivity contribution in [3.05, 3.63) is 64.7 Å². The zero-order valence-corrected chi connectivity index (χ0v) is 15.2. The number of rotatable bonds is 6. The standard InChI is InChI=1S/C20H23N3O3/c1-13-6-4-9-16(10-13)20(26)22-11-17(24)21-12-18(25)23-19-14(2)7-5-8-15(19)3/h4-10H,11-12H2,1-3H3,(H,21,24)(H,22,26)(H,23,25). The van der Waals surface area contributed by atoms with Gasteiger partial charge in [0.25, 0.3) is 5.91 Å². The van der Waals surface area contributed by atoms with Crippen LogP contribution in [-0.4, -0.2) is 30.8 Å². The van der Waals surface area contributed by atoms with E-state index >= 15 is 0 Å². The monoisotopic (exact) mass is 353 g/mol. The van der Waals surface area contributed by atoms with Gasteiger partial charge in [-0.2, -0.15) is 0 Å². The van der Waals surface area contributed by atoms with Crippen molar-refractivity contribution in [1.82, 2.24) is 10.6 Å². The van der Waals surface area contributed by atoms with E-state index in [4.69, 9.17) is 0 Å². The fraction of sp³-hybridized carbons (Fsp3) is 0.250. The van der Waals surface area contributed by atoms with E-state index in [0.717, 1.165) is 22.4 Å². The highest BCUT2D eigenvalue weighted by atomic mass is 16.2. The van der Waals surface area contributed by atoms with E-state index in [9.17, 15) is 14.4 Å². The van der Waals surface area contributed by atoms with Crippen LogP contribution in [0.3, 0.4) is 0 Å². The molecule has 0 unspecified atom stereocenters. The lowest BCUT2D eigenvalue weighted by Gasteiger charge is -2.12. The SMILES string of the molecule is Cc1cccc(C(=O)NCC(=O)NCC(=O)Nc2c(C)cccc2C)c1. The Bertz CT molecular complexity index is 811. The number of nitrogens with one attached hydrogen (secondary N) is 3. The molecule has 0 saturated carbocycles. The minimum atomic E-state index is -0.428. The van der Waals surface area contributed by atoms with E-state index in [1.165, 1.54) is 0 Å². The van der Waals surface area contributed by atoms with Gasteiger partial charge in [-0.15, -0.1) is 0 Å². The number of anilines is 1. The summed E-state index contributed by atoms with van der Waals surface area (Å²) in [6, 6.07) is 12.8. The number of carbonyl (C=O) groups excluding carboxylic acids is 3. The first-order valence-electron chi connectivity index (χ1n) is 8.34. The lowest BCUT2D eigenvalue weighted by atomic mass is 10.1. The first kappa shape index (κ1) is 19.2. The normalized spacial score (nSPS) is 10.1. The molecular formula is C20H23N3O3. The van der Waals surface area contributed by atoms with Crippen LogP contribution in [0, 0.1) is 20.8 Å². The number of hydrogen-bond donors (Lipinski definition) is 3. The summed E-state index contributed by atoms with van der Waals surface area (Å²) in [4.78, 5) is 35.8. The number of benzene rings is 2. The van der Waals surface area contributed by atoms with Gasteiger partial charge in [-0.25, -0.2) is 0 Å². The third-order valence-corrected chi connectivity index (χ3v) is 3.88. The van der Waals surface area contributed by atoms with Crippen LogP contribution >= 0.6 is 0 Å². The lowest BCUT2D eigenvalue weighted by Crippen LogP contribution is -2.40. The largest absolute Gasteiger partial charge is 0.345 e. The molecule has 2 rings (SSSR count). The van der Waals surface area contributed by atoms with Gasteiger partial charge in [0.15, 0.2) is 0 Å². The molecule has 0 radical (unpaired) electrons. The van der Waals surface area contributed by atoms with Crippen molar-refractivity contribution in [3.8, 4) is 0 Å². The molecule has 0 fully saturated rings. The quantitative estimate of drug-likeness (QED) is 0.743. The molecule has 0 aliphatic heterocycles. The van der Waals surface area contributed by atoms with Gasteiger partial charge in [-0.3, -0.25) is 14.4 Å². The molecule has 26 heavy (non-hydrogen) atoms. The molecule has 0 spiro atoms. The molecule has 3 amide bonds. The van der Waals surface area contributed by atoms with Crippen molar-refractivity contribution >= 4 is 23.4 Å². The minimum Gasteiger partial charge on any atom is -0.345 e. The van der Waals surface area contributed by atoms with Crippen molar-refractivity contribution in [2.45, 2.75) is 20.8 Å². The average Bonchev–Trinajstić information content (AvgIpc) is 2.61. The smallest absolute Gasteiger partial charge is 0.251 e. The van der Waals surface area contributed by atoms with Crippen LogP contribution in [0.15, 0.2) is 42.5 Å². The van der Waals surface area contributed by atoms with Gasteiger partial charge in [0, 0.05) is 11.3 Å². The van der Waals surface area contributed by atoms with Crippen molar-refractivity contribution in [1.29, 1.82) is 0 Å². The summed E-state index contributed by atoms with van der Waals surface area (Å²) >= 11 is 0. The Morgan fingerprint density at radius 3 is 2.08 bits per heavy atom. The van der Waals surface area contributed by atoms with Crippen molar-refractivity contribution in [3.63, 3.8) is 0 Å². The van der Waals surface area contributed by atoms with Crippen molar-refractivity contribution in [2.75, 3.05) is 18.4 Å². The van der Waals surface area contributed by atoms with Crippen LogP contribution in [0.1, 0.15) is 27.0 Å². The molecule has 2 aromatic rings. The summed E-state index contributed by atoms with van der Waals surface area (Å²) in [5, 5.41) is 7.82. The number of carbonyl (C=O) groups is 3. The first-order valence-corrected chi connectivity index (χ1v) is 8.34. The molecule has 6 heteroatoms. The molecule has 0 aliphatic rings. The van der Waals surface area contributed by atoms with Gasteiger partial charge in [0.2, 0.25) is 11.8 Å². The highest BCUT2D eigenvalue weighted by Crippen LogP contribution is 2.18. The first-order chi connectivity index (χ1) is 12.4. The van der Waals surface area contributed by atoms with Crippen LogP contribution in [0.25, 0.3) is 0 Å². The molecule has 0 aromatic heterocycles. The van der Waals surface area contributed by atoms with Crippen LogP contribution in [-0.2, 0) is 9.59 Å². The average molecular weight is 353 g/mol. The van der Waals surface area contributed by atoms with Gasteiger partial charge in [-0.1, -0.05) is 35.9 Å². The van der Waals surface area contributed by atoms with E-state index < -0.39 is 5.91 Å². The Labute approximate surface area is 153 Å². The van der Waals surface area contributed by atoms with Gasteiger partial charge in [0.1, 0.15) is 0 Å². The van der Waals surface area contributed by atoms with Gasteiger partial charge < -0.3 is 16.0 Å². The number of para-hydroxylation sites is 1. The van der Waals surface area contributed by atoms with E-state index in [1.807, 2.05) is 45.0 Å². The molecule has 0 aliphatic carbocycles. The Morgan fingerprint density at radius 2 is 1.42 bits per heavy atom. The van der Waals surface area contributed by atoms with E-state index in [1.54, 1.807) is 18.2 Å². The lowest BCUT2D eigenvalue weighted by molar-refractivity contribution is -0.123. The zero-order valence-electron chi connectivity index (χ0n) is 15.2. The maximum Gasteiger partial charge on any atom is 0.251 e. The van der Waals surface area contributed by atoms with Crippen LogP contribution in [0.5, 0.6) is 0 Å². The summed E-state index contributed by atoms with van der Waals surface area (Å²) in [5.41, 5.74) is 4.11. The fourth-order valence-corrected chi connectivity index (χ4v) is 2.49. The topological polar surface area (TPSA) is 87.3 Å². The molecular weight excluding hydrogens is 330 g/mol. The summed E-state index contributed by atoms with van der Waals surface area (Å²) in [6.45, 7) is 5.35. The van der Waals surface area contributed by atoms with E-state index in [0.29, 0.717) is 5.56 Å². The predicted octanol–water partition coefficient (Wildman–Crippen LogP) is 2.10. The fourth-order valence-electron chi connectivity index (χ4n) is 2.49. The second kappa shape index (κ2) is 8.80. The highest BCUT2D eigenvalue weighted by molar-refractivity contribution is 5.98. The van der Waals surface area contributed by atoms with Crippen molar-refractivity contribution in [2.24, 2.45) is 0 Å². The summed E-state index contributed by atoms with van der Waals surface area (Å²) in [6.07, 6.45) is 0. The molecule has 0 atom stereocenters. The third-order valence-electron chi connectivity index (χ3n) is 3.88. The summed E-state index contributed by atoms with van der Waals surface area (Å²) in [7, 11) is 0. The highest BCUT2D eigenvalue weighted by Gasteiger charge is 2.11. The maximum atomic E-state index is 12.0. The minimum absolute atomic E-state index is 0.160. The van der Waals surface area contributed by atoms with Gasteiger partial charge in [0.05, 0.1) is 13.1 Å². The number of amides is 3. The molecule has 0 bridgehead atoms. The van der Waals surface area contributed by atoms with Crippen LogP contribution in [0.4, 0.5) is 5.69 Å². The Hall–Kier alpha value is -3.15. The number of aryl methyl sites for hydroxylation is 3. The molecule has 0 heterocycles. The van der Waals surface area contributed by atoms with Gasteiger partial charge in [-0.05, 0) is 44.0 Å². The molecule has 3 N–H and O–H groups in total. The maximum absolute atomic E-state index is 12.0. The van der Waals surface area contributed by atoms with Gasteiger partial charge >= 0.3 is 0 Å². The Kier molecular flexibility index (Phi) is 6.49. The predicted molar refractivity (Wildman–Crippen MR) is 101 cm³/mol. The Balaban J connectivity index is 1.78. The summed E-state index contributed by atoms with van der Waals surface area (Å²) < 4.78 is 0. The number of hydrogen-bond acceptors (Lipinski definition) is 3. The van der Waals surface area contributed by atoms with Crippen LogP contribution < -0.4 is 16.0 Å².